The van der Waals surface area contributed by atoms with Gasteiger partial charge < -0.3 is 53.3 Å². The minimum atomic E-state index is -4.64. The second-order valence-electron chi connectivity index (χ2n) is 5.53. The van der Waals surface area contributed by atoms with E-state index in [0.717, 1.165) is 5.56 Å². The van der Waals surface area contributed by atoms with Crippen LogP contribution in [-0.2, 0) is 18.4 Å². The van der Waals surface area contributed by atoms with Crippen molar-refractivity contribution in [2.45, 2.75) is 19.9 Å². The van der Waals surface area contributed by atoms with Gasteiger partial charge in [0.05, 0.1) is 25.2 Å². The van der Waals surface area contributed by atoms with E-state index in [1.807, 2.05) is 41.8 Å². The molecule has 16 nitrogen and oxygen atoms in total. The highest BCUT2D eigenvalue weighted by atomic mass is 31.2. The zero-order valence-corrected chi connectivity index (χ0v) is 19.8. The Bertz CT molecular complexity index is 892. The summed E-state index contributed by atoms with van der Waals surface area (Å²) in [7, 11) is -13.9. The summed E-state index contributed by atoms with van der Waals surface area (Å²) in [6, 6.07) is 10.0. The van der Waals surface area contributed by atoms with Gasteiger partial charge in [0.2, 0.25) is 0 Å². The van der Waals surface area contributed by atoms with Gasteiger partial charge in [-0.15, -0.1) is 0 Å². The first-order valence-corrected chi connectivity index (χ1v) is 13.0. The van der Waals surface area contributed by atoms with E-state index < -0.39 is 23.5 Å². The molecule has 1 atom stereocenters. The maximum Gasteiger partial charge on any atom is 0.466 e. The summed E-state index contributed by atoms with van der Waals surface area (Å²) >= 11 is 0. The van der Waals surface area contributed by atoms with Crippen molar-refractivity contribution in [1.29, 1.82) is 0 Å². The highest BCUT2D eigenvalue weighted by Crippen LogP contribution is 2.26. The SMILES string of the molecule is CCOC(=O)c1cncn1C(C)c1ccccc1.O=P(O)(O)O.O=P(O)(O)O.O=P(O)(O)O. The Kier molecular flexibility index (Phi) is 15.4. The minimum absolute atomic E-state index is 0.0492. The maximum absolute atomic E-state index is 11.8. The fraction of sp³-hybridized carbons (Fsp3) is 0.286. The summed E-state index contributed by atoms with van der Waals surface area (Å²) < 4.78 is 33.5. The van der Waals surface area contributed by atoms with E-state index in [-0.39, 0.29) is 12.0 Å². The molecule has 0 saturated carbocycles. The Morgan fingerprint density at radius 3 is 1.67 bits per heavy atom. The first kappa shape index (κ1) is 33.4. The number of aromatic nitrogens is 2. The number of hydrogen-bond donors (Lipinski definition) is 9. The molecule has 19 heteroatoms. The van der Waals surface area contributed by atoms with Crippen LogP contribution in [0, 0.1) is 0 Å². The average Bonchev–Trinajstić information content (AvgIpc) is 3.07. The third-order valence-corrected chi connectivity index (χ3v) is 2.85. The number of phosphoric acid groups is 3. The van der Waals surface area contributed by atoms with Crippen molar-refractivity contribution >= 4 is 29.4 Å². The molecule has 0 amide bonds. The van der Waals surface area contributed by atoms with Crippen LogP contribution < -0.4 is 0 Å². The average molecular weight is 538 g/mol. The minimum Gasteiger partial charge on any atom is -0.461 e. The standard InChI is InChI=1S/C14H16N2O2.3H3O4P/c1-3-18-14(17)13-9-15-10-16(13)11(2)12-7-5-4-6-8-12;3*1-5(2,3)4/h4-11H,3H2,1-2H3;3*(H3,1,2,3,4). The first-order chi connectivity index (χ1) is 14.7. The van der Waals surface area contributed by atoms with Crippen molar-refractivity contribution in [1.82, 2.24) is 9.55 Å². The zero-order valence-electron chi connectivity index (χ0n) is 17.1. The number of benzene rings is 1. The van der Waals surface area contributed by atoms with Gasteiger partial charge in [0, 0.05) is 0 Å². The summed E-state index contributed by atoms with van der Waals surface area (Å²) in [5, 5.41) is 0. The van der Waals surface area contributed by atoms with Gasteiger partial charge in [0.15, 0.2) is 0 Å². The Labute approximate surface area is 187 Å². The molecule has 1 aromatic heterocycles. The van der Waals surface area contributed by atoms with Gasteiger partial charge in [-0.2, -0.15) is 0 Å². The van der Waals surface area contributed by atoms with Crippen molar-refractivity contribution in [3.63, 3.8) is 0 Å². The smallest absolute Gasteiger partial charge is 0.461 e. The van der Waals surface area contributed by atoms with Crippen LogP contribution in [0.3, 0.4) is 0 Å². The van der Waals surface area contributed by atoms with Gasteiger partial charge >= 0.3 is 29.4 Å². The third-order valence-electron chi connectivity index (χ3n) is 2.85. The molecular weight excluding hydrogens is 513 g/mol. The largest absolute Gasteiger partial charge is 0.466 e. The molecule has 9 N–H and O–H groups in total. The van der Waals surface area contributed by atoms with Crippen LogP contribution in [0.15, 0.2) is 42.9 Å². The van der Waals surface area contributed by atoms with E-state index in [2.05, 4.69) is 4.98 Å². The number of carbonyl (C=O) groups excluding carboxylic acids is 1. The molecule has 33 heavy (non-hydrogen) atoms. The van der Waals surface area contributed by atoms with Crippen molar-refractivity contribution < 1.29 is 67.3 Å². The molecule has 2 aromatic rings. The molecule has 1 heterocycles. The molecule has 0 aliphatic carbocycles. The summed E-state index contributed by atoms with van der Waals surface area (Å²) in [6.45, 7) is 4.18. The monoisotopic (exact) mass is 538 g/mol. The summed E-state index contributed by atoms with van der Waals surface area (Å²) in [5.41, 5.74) is 1.61. The van der Waals surface area contributed by atoms with E-state index >= 15 is 0 Å². The van der Waals surface area contributed by atoms with E-state index in [1.165, 1.54) is 6.20 Å². The van der Waals surface area contributed by atoms with Gasteiger partial charge in [-0.25, -0.2) is 23.5 Å². The first-order valence-electron chi connectivity index (χ1n) is 8.32. The molecule has 0 saturated heterocycles. The van der Waals surface area contributed by atoms with Crippen LogP contribution in [-0.4, -0.2) is 66.2 Å². The van der Waals surface area contributed by atoms with Crippen LogP contribution in [0.25, 0.3) is 0 Å². The zero-order chi connectivity index (χ0) is 26.5. The van der Waals surface area contributed by atoms with Gasteiger partial charge in [0.25, 0.3) is 0 Å². The number of ether oxygens (including phenoxy) is 1. The molecule has 1 unspecified atom stereocenters. The molecule has 0 spiro atoms. The Balaban J connectivity index is 0. The van der Waals surface area contributed by atoms with Crippen molar-refractivity contribution in [3.05, 3.63) is 54.1 Å². The van der Waals surface area contributed by atoms with Crippen molar-refractivity contribution in [3.8, 4) is 0 Å². The van der Waals surface area contributed by atoms with Gasteiger partial charge in [-0.3, -0.25) is 0 Å². The predicted octanol–water partition coefficient (Wildman–Crippen LogP) is -0.117. The summed E-state index contributed by atoms with van der Waals surface area (Å²) in [6.07, 6.45) is 3.20. The van der Waals surface area contributed by atoms with E-state index in [0.29, 0.717) is 12.3 Å². The Morgan fingerprint density at radius 2 is 1.30 bits per heavy atom. The van der Waals surface area contributed by atoms with Gasteiger partial charge in [-0.1, -0.05) is 30.3 Å². The lowest BCUT2D eigenvalue weighted by atomic mass is 10.1. The maximum atomic E-state index is 11.8. The van der Waals surface area contributed by atoms with E-state index in [9.17, 15) is 4.79 Å². The molecule has 0 fully saturated rings. The van der Waals surface area contributed by atoms with Crippen LogP contribution in [0.1, 0.15) is 35.9 Å². The molecule has 1 aromatic carbocycles. The number of hydrogen-bond acceptors (Lipinski definition) is 6. The van der Waals surface area contributed by atoms with Crippen molar-refractivity contribution in [2.75, 3.05) is 6.61 Å². The lowest BCUT2D eigenvalue weighted by Crippen LogP contribution is -2.15. The van der Waals surface area contributed by atoms with Crippen LogP contribution in [0.5, 0.6) is 0 Å². The molecule has 0 radical (unpaired) electrons. The molecule has 2 rings (SSSR count). The summed E-state index contributed by atoms with van der Waals surface area (Å²) in [5.74, 6) is -0.335. The number of rotatable bonds is 4. The normalized spacial score (nSPS) is 12.0. The second kappa shape index (κ2) is 15.2. The lowest BCUT2D eigenvalue weighted by molar-refractivity contribution is 0.0512. The Hall–Kier alpha value is -1.77. The highest BCUT2D eigenvalue weighted by molar-refractivity contribution is 7.45. The quantitative estimate of drug-likeness (QED) is 0.181. The summed E-state index contributed by atoms with van der Waals surface area (Å²) in [4.78, 5) is 80.5. The Morgan fingerprint density at radius 1 is 0.909 bits per heavy atom. The van der Waals surface area contributed by atoms with E-state index in [4.69, 9.17) is 62.5 Å². The highest BCUT2D eigenvalue weighted by Gasteiger charge is 2.17. The fourth-order valence-electron chi connectivity index (χ4n) is 1.87. The molecular formula is C14H25N2O14P3. The van der Waals surface area contributed by atoms with Crippen LogP contribution in [0.2, 0.25) is 0 Å². The number of imidazole rings is 1. The lowest BCUT2D eigenvalue weighted by Gasteiger charge is -2.16. The molecule has 0 aliphatic heterocycles. The van der Waals surface area contributed by atoms with Gasteiger partial charge in [-0.05, 0) is 19.4 Å². The fourth-order valence-corrected chi connectivity index (χ4v) is 1.87. The second-order valence-corrected chi connectivity index (χ2v) is 8.61. The number of esters is 1. The van der Waals surface area contributed by atoms with Crippen LogP contribution in [0.4, 0.5) is 0 Å². The van der Waals surface area contributed by atoms with Gasteiger partial charge in [0.1, 0.15) is 5.69 Å². The molecule has 190 valence electrons. The molecule has 0 aliphatic rings. The number of nitrogens with zero attached hydrogens (tertiary/aromatic N) is 2. The topological polar surface area (TPSA) is 277 Å². The van der Waals surface area contributed by atoms with Crippen LogP contribution >= 0.6 is 23.5 Å². The van der Waals surface area contributed by atoms with E-state index in [1.54, 1.807) is 13.3 Å². The molecule has 0 bridgehead atoms. The predicted molar refractivity (Wildman–Crippen MR) is 111 cm³/mol. The number of carbonyl (C=O) groups is 1. The van der Waals surface area contributed by atoms with Crippen molar-refractivity contribution in [2.24, 2.45) is 0 Å². The third kappa shape index (κ3) is 24.7.